The molecule has 0 aliphatic carbocycles. The molecule has 1 aromatic rings. The first-order valence-electron chi connectivity index (χ1n) is 3.52. The first-order valence-corrected chi connectivity index (χ1v) is 4.80. The molecule has 12 heavy (non-hydrogen) atoms. The van der Waals surface area contributed by atoms with Gasteiger partial charge in [-0.15, -0.1) is 0 Å². The van der Waals surface area contributed by atoms with Crippen molar-refractivity contribution in [3.05, 3.63) is 29.3 Å². The van der Waals surface area contributed by atoms with Crippen LogP contribution in [0.25, 0.3) is 0 Å². The van der Waals surface area contributed by atoms with Crippen LogP contribution in [-0.2, 0) is 16.8 Å². The van der Waals surface area contributed by atoms with Gasteiger partial charge in [0.2, 0.25) is 0 Å². The summed E-state index contributed by atoms with van der Waals surface area (Å²) in [5, 5.41) is 0. The van der Waals surface area contributed by atoms with Gasteiger partial charge in [0, 0.05) is 5.69 Å². The van der Waals surface area contributed by atoms with Gasteiger partial charge in [-0.25, -0.2) is 4.21 Å². The molecule has 4 heteroatoms. The van der Waals surface area contributed by atoms with Gasteiger partial charge in [-0.05, 0) is 24.1 Å². The van der Waals surface area contributed by atoms with Gasteiger partial charge in [0.1, 0.15) is 0 Å². The molecule has 1 aromatic carbocycles. The fraction of sp³-hybridized carbons (Fsp3) is 0.250. The van der Waals surface area contributed by atoms with Gasteiger partial charge in [0.25, 0.3) is 0 Å². The third-order valence-corrected chi connectivity index (χ3v) is 2.25. The lowest BCUT2D eigenvalue weighted by molar-refractivity contribution is 0.563. The van der Waals surface area contributed by atoms with Crippen LogP contribution in [0.3, 0.4) is 0 Å². The molecule has 0 bridgehead atoms. The van der Waals surface area contributed by atoms with E-state index in [2.05, 4.69) is 0 Å². The smallest absolute Gasteiger partial charge is 0.157 e. The Morgan fingerprint density at radius 3 is 2.75 bits per heavy atom. The summed E-state index contributed by atoms with van der Waals surface area (Å²) in [6.07, 6.45) is 0. The van der Waals surface area contributed by atoms with Gasteiger partial charge in [-0.1, -0.05) is 12.1 Å². The third-order valence-electron chi connectivity index (χ3n) is 1.71. The highest BCUT2D eigenvalue weighted by Crippen LogP contribution is 2.17. The van der Waals surface area contributed by atoms with Crippen LogP contribution in [0.5, 0.6) is 0 Å². The molecule has 3 nitrogen and oxygen atoms in total. The number of anilines is 1. The van der Waals surface area contributed by atoms with E-state index in [9.17, 15) is 4.21 Å². The standard InChI is InChI=1S/C8H11NO2S/c1-6-3-2-4-8(9)7(6)5-12(10)11/h2-4H,5,9H2,1H3,(H,10,11). The molecule has 0 heterocycles. The van der Waals surface area contributed by atoms with E-state index in [-0.39, 0.29) is 5.75 Å². The van der Waals surface area contributed by atoms with E-state index in [1.165, 1.54) is 0 Å². The van der Waals surface area contributed by atoms with Crippen LogP contribution in [0.15, 0.2) is 18.2 Å². The van der Waals surface area contributed by atoms with E-state index in [0.717, 1.165) is 11.1 Å². The van der Waals surface area contributed by atoms with E-state index in [4.69, 9.17) is 10.3 Å². The van der Waals surface area contributed by atoms with Crippen LogP contribution in [0.2, 0.25) is 0 Å². The Balaban J connectivity index is 3.04. The number of benzene rings is 1. The lowest BCUT2D eigenvalue weighted by Crippen LogP contribution is -2.00. The van der Waals surface area contributed by atoms with Crippen molar-refractivity contribution in [2.45, 2.75) is 12.7 Å². The Morgan fingerprint density at radius 2 is 2.25 bits per heavy atom. The molecule has 1 unspecified atom stereocenters. The normalized spacial score (nSPS) is 12.8. The van der Waals surface area contributed by atoms with E-state index in [1.807, 2.05) is 19.1 Å². The molecule has 1 atom stereocenters. The number of hydrogen-bond donors (Lipinski definition) is 2. The van der Waals surface area contributed by atoms with Crippen LogP contribution in [0.1, 0.15) is 11.1 Å². The van der Waals surface area contributed by atoms with Crippen molar-refractivity contribution in [3.63, 3.8) is 0 Å². The molecule has 0 saturated carbocycles. The second-order valence-electron chi connectivity index (χ2n) is 2.61. The second-order valence-corrected chi connectivity index (χ2v) is 3.54. The van der Waals surface area contributed by atoms with Gasteiger partial charge in [-0.3, -0.25) is 0 Å². The van der Waals surface area contributed by atoms with Crippen LogP contribution in [0, 0.1) is 6.92 Å². The molecule has 0 fully saturated rings. The van der Waals surface area contributed by atoms with Gasteiger partial charge in [0.15, 0.2) is 11.1 Å². The number of rotatable bonds is 2. The van der Waals surface area contributed by atoms with Crippen molar-refractivity contribution in [1.82, 2.24) is 0 Å². The zero-order valence-corrected chi connectivity index (χ0v) is 7.60. The third kappa shape index (κ3) is 2.06. The largest absolute Gasteiger partial charge is 0.398 e. The van der Waals surface area contributed by atoms with Crippen LogP contribution < -0.4 is 5.73 Å². The minimum Gasteiger partial charge on any atom is -0.398 e. The molecule has 0 spiro atoms. The summed E-state index contributed by atoms with van der Waals surface area (Å²) in [6.45, 7) is 1.87. The minimum absolute atomic E-state index is 0.110. The van der Waals surface area contributed by atoms with Crippen LogP contribution in [0.4, 0.5) is 5.69 Å². The predicted molar refractivity (Wildman–Crippen MR) is 50.1 cm³/mol. The summed E-state index contributed by atoms with van der Waals surface area (Å²) in [5.74, 6) is 0.110. The lowest BCUT2D eigenvalue weighted by atomic mass is 10.1. The molecular weight excluding hydrogens is 174 g/mol. The summed E-state index contributed by atoms with van der Waals surface area (Å²) in [6, 6.07) is 5.43. The Hall–Kier alpha value is -0.870. The molecular formula is C8H11NO2S. The first-order chi connectivity index (χ1) is 5.61. The Morgan fingerprint density at radius 1 is 1.58 bits per heavy atom. The quantitative estimate of drug-likeness (QED) is 0.539. The maximum atomic E-state index is 10.5. The topological polar surface area (TPSA) is 63.3 Å². The number of nitrogens with two attached hydrogens (primary N) is 1. The second kappa shape index (κ2) is 3.69. The summed E-state index contributed by atoms with van der Waals surface area (Å²) in [7, 11) is 0. The number of hydrogen-bond acceptors (Lipinski definition) is 2. The van der Waals surface area contributed by atoms with Gasteiger partial charge in [-0.2, -0.15) is 0 Å². The Labute approximate surface area is 73.9 Å². The average Bonchev–Trinajstić information content (AvgIpc) is 1.97. The molecule has 0 saturated heterocycles. The highest BCUT2D eigenvalue weighted by Gasteiger charge is 2.04. The SMILES string of the molecule is Cc1cccc(N)c1CS(=O)O. The van der Waals surface area contributed by atoms with Crippen LogP contribution in [-0.4, -0.2) is 8.76 Å². The summed E-state index contributed by atoms with van der Waals surface area (Å²) < 4.78 is 19.2. The molecule has 1 rings (SSSR count). The molecule has 0 radical (unpaired) electrons. The lowest BCUT2D eigenvalue weighted by Gasteiger charge is -2.05. The summed E-state index contributed by atoms with van der Waals surface area (Å²) in [5.41, 5.74) is 7.92. The Kier molecular flexibility index (Phi) is 2.83. The highest BCUT2D eigenvalue weighted by atomic mass is 32.2. The molecule has 66 valence electrons. The van der Waals surface area contributed by atoms with Gasteiger partial charge in [0.05, 0.1) is 5.75 Å². The van der Waals surface area contributed by atoms with Crippen molar-refractivity contribution in [2.75, 3.05) is 5.73 Å². The maximum absolute atomic E-state index is 10.5. The van der Waals surface area contributed by atoms with Gasteiger partial charge >= 0.3 is 0 Å². The van der Waals surface area contributed by atoms with Crippen molar-refractivity contribution in [2.24, 2.45) is 0 Å². The fourth-order valence-corrected chi connectivity index (χ4v) is 1.69. The summed E-state index contributed by atoms with van der Waals surface area (Å²) in [4.78, 5) is 0. The minimum atomic E-state index is -1.82. The molecule has 3 N–H and O–H groups in total. The number of aryl methyl sites for hydroxylation is 1. The zero-order chi connectivity index (χ0) is 9.14. The maximum Gasteiger partial charge on any atom is 0.157 e. The summed E-state index contributed by atoms with van der Waals surface area (Å²) >= 11 is -1.82. The van der Waals surface area contributed by atoms with Gasteiger partial charge < -0.3 is 10.3 Å². The molecule has 0 aromatic heterocycles. The monoisotopic (exact) mass is 185 g/mol. The predicted octanol–water partition coefficient (Wildman–Crippen LogP) is 1.30. The fourth-order valence-electron chi connectivity index (χ4n) is 1.05. The van der Waals surface area contributed by atoms with E-state index in [0.29, 0.717) is 5.69 Å². The van der Waals surface area contributed by atoms with Crippen molar-refractivity contribution < 1.29 is 8.76 Å². The van der Waals surface area contributed by atoms with Crippen molar-refractivity contribution >= 4 is 16.8 Å². The van der Waals surface area contributed by atoms with E-state index in [1.54, 1.807) is 6.07 Å². The molecule has 0 aliphatic heterocycles. The molecule has 0 amide bonds. The van der Waals surface area contributed by atoms with Crippen LogP contribution >= 0.6 is 0 Å². The van der Waals surface area contributed by atoms with Crippen molar-refractivity contribution in [3.8, 4) is 0 Å². The Bertz CT molecular complexity index is 292. The van der Waals surface area contributed by atoms with Crippen molar-refractivity contribution in [1.29, 1.82) is 0 Å². The highest BCUT2D eigenvalue weighted by molar-refractivity contribution is 7.78. The van der Waals surface area contributed by atoms with E-state index < -0.39 is 11.1 Å². The first kappa shape index (κ1) is 9.22. The zero-order valence-electron chi connectivity index (χ0n) is 6.78. The number of nitrogen functional groups attached to an aromatic ring is 1. The molecule has 0 aliphatic rings. The average molecular weight is 185 g/mol. The van der Waals surface area contributed by atoms with E-state index >= 15 is 0 Å².